The van der Waals surface area contributed by atoms with E-state index in [-0.39, 0.29) is 18.1 Å². The molecule has 1 fully saturated rings. The Hall–Kier alpha value is -3.14. The Labute approximate surface area is 163 Å². The van der Waals surface area contributed by atoms with E-state index in [2.05, 4.69) is 15.3 Å². The summed E-state index contributed by atoms with van der Waals surface area (Å²) in [5.74, 6) is -0.195. The predicted molar refractivity (Wildman–Crippen MR) is 100 cm³/mol. The molecule has 0 aliphatic carbocycles. The number of carbonyl (C=O) groups excluding carboxylic acids is 1. The minimum absolute atomic E-state index is 0.160. The number of H-pyrrole nitrogens is 1. The molecule has 1 aliphatic heterocycles. The van der Waals surface area contributed by atoms with Gasteiger partial charge in [-0.15, -0.1) is 0 Å². The maximum atomic E-state index is 13.0. The lowest BCUT2D eigenvalue weighted by Gasteiger charge is -2.27. The third kappa shape index (κ3) is 3.88. The van der Waals surface area contributed by atoms with Crippen molar-refractivity contribution in [1.82, 2.24) is 24.8 Å². The molecule has 0 atom stereocenters. The van der Waals surface area contributed by atoms with Crippen molar-refractivity contribution in [2.24, 2.45) is 0 Å². The molecular formula is C19H18F3N5O2. The molecule has 1 aromatic carbocycles. The topological polar surface area (TPSA) is 83.0 Å². The molecule has 2 N–H and O–H groups in total. The molecule has 10 heteroatoms. The van der Waals surface area contributed by atoms with Crippen molar-refractivity contribution in [3.8, 4) is 11.1 Å². The number of nitrogens with zero attached hydrogens (tertiary/aromatic N) is 3. The summed E-state index contributed by atoms with van der Waals surface area (Å²) in [6, 6.07) is 6.46. The molecule has 0 radical (unpaired) electrons. The fourth-order valence-electron chi connectivity index (χ4n) is 3.37. The van der Waals surface area contributed by atoms with Crippen LogP contribution in [0.15, 0.2) is 41.3 Å². The number of fused-ring (bicyclic) bond motifs is 1. The first-order valence-corrected chi connectivity index (χ1v) is 9.07. The van der Waals surface area contributed by atoms with E-state index in [0.29, 0.717) is 42.8 Å². The van der Waals surface area contributed by atoms with Gasteiger partial charge in [0.15, 0.2) is 5.65 Å². The first-order chi connectivity index (χ1) is 13.8. The van der Waals surface area contributed by atoms with Crippen molar-refractivity contribution in [2.75, 3.05) is 26.2 Å². The van der Waals surface area contributed by atoms with Gasteiger partial charge in [-0.1, -0.05) is 12.1 Å². The number of halogens is 3. The SMILES string of the molecule is O=C(Cn1c(=O)[nH]c2ncc(-c3cccc(C(F)(F)F)c3)cc21)N1CCNCC1. The van der Waals surface area contributed by atoms with Crippen LogP contribution in [0.1, 0.15) is 5.56 Å². The fraction of sp³-hybridized carbons (Fsp3) is 0.316. The summed E-state index contributed by atoms with van der Waals surface area (Å²) in [6.07, 6.45) is -3.06. The maximum absolute atomic E-state index is 13.0. The quantitative estimate of drug-likeness (QED) is 0.697. The van der Waals surface area contributed by atoms with Crippen LogP contribution in [0.5, 0.6) is 0 Å². The van der Waals surface area contributed by atoms with Crippen LogP contribution in [0.2, 0.25) is 0 Å². The van der Waals surface area contributed by atoms with Crippen LogP contribution in [0.4, 0.5) is 13.2 Å². The molecule has 152 valence electrons. The number of piperazine rings is 1. The molecule has 1 amide bonds. The van der Waals surface area contributed by atoms with E-state index in [1.165, 1.54) is 16.8 Å². The highest BCUT2D eigenvalue weighted by atomic mass is 19.4. The van der Waals surface area contributed by atoms with Crippen LogP contribution in [0.25, 0.3) is 22.3 Å². The Morgan fingerprint density at radius 3 is 2.62 bits per heavy atom. The standard InChI is InChI=1S/C19H18F3N5O2/c20-19(21,22)14-3-1-2-12(8-14)13-9-15-17(24-10-13)25-18(29)27(15)11-16(28)26-6-4-23-5-7-26/h1-3,8-10,23H,4-7,11H2,(H,24,25,29). The Kier molecular flexibility index (Phi) is 4.87. The summed E-state index contributed by atoms with van der Waals surface area (Å²) in [4.78, 5) is 33.3. The van der Waals surface area contributed by atoms with Gasteiger partial charge in [0, 0.05) is 37.9 Å². The van der Waals surface area contributed by atoms with Crippen molar-refractivity contribution in [3.05, 3.63) is 52.6 Å². The van der Waals surface area contributed by atoms with Crippen molar-refractivity contribution in [1.29, 1.82) is 0 Å². The third-order valence-electron chi connectivity index (χ3n) is 4.92. The number of aromatic nitrogens is 3. The van der Waals surface area contributed by atoms with E-state index < -0.39 is 17.4 Å². The summed E-state index contributed by atoms with van der Waals surface area (Å²) in [6.45, 7) is 2.34. The zero-order valence-corrected chi connectivity index (χ0v) is 15.3. The predicted octanol–water partition coefficient (Wildman–Crippen LogP) is 1.84. The van der Waals surface area contributed by atoms with Crippen LogP contribution in [0.3, 0.4) is 0 Å². The molecule has 3 aromatic rings. The minimum Gasteiger partial charge on any atom is -0.339 e. The zero-order chi connectivity index (χ0) is 20.6. The Morgan fingerprint density at radius 1 is 1.14 bits per heavy atom. The molecule has 0 spiro atoms. The number of benzene rings is 1. The van der Waals surface area contributed by atoms with Crippen LogP contribution in [-0.4, -0.2) is 51.5 Å². The summed E-state index contributed by atoms with van der Waals surface area (Å²) in [5, 5.41) is 3.15. The lowest BCUT2D eigenvalue weighted by Crippen LogP contribution is -2.47. The number of hydrogen-bond acceptors (Lipinski definition) is 4. The van der Waals surface area contributed by atoms with Gasteiger partial charge in [-0.3, -0.25) is 14.3 Å². The molecule has 2 aromatic heterocycles. The first kappa shape index (κ1) is 19.2. The van der Waals surface area contributed by atoms with E-state index in [1.54, 1.807) is 17.0 Å². The monoisotopic (exact) mass is 405 g/mol. The summed E-state index contributed by atoms with van der Waals surface area (Å²) in [7, 11) is 0. The van der Waals surface area contributed by atoms with Crippen LogP contribution in [-0.2, 0) is 17.5 Å². The molecule has 29 heavy (non-hydrogen) atoms. The van der Waals surface area contributed by atoms with E-state index in [4.69, 9.17) is 0 Å². The minimum atomic E-state index is -4.46. The van der Waals surface area contributed by atoms with E-state index >= 15 is 0 Å². The normalized spacial score (nSPS) is 15.1. The number of hydrogen-bond donors (Lipinski definition) is 2. The Balaban J connectivity index is 1.70. The second kappa shape index (κ2) is 7.36. The largest absolute Gasteiger partial charge is 0.416 e. The van der Waals surface area contributed by atoms with Gasteiger partial charge in [0.1, 0.15) is 6.54 Å². The number of pyridine rings is 1. The highest BCUT2D eigenvalue weighted by Crippen LogP contribution is 2.32. The van der Waals surface area contributed by atoms with Gasteiger partial charge in [-0.25, -0.2) is 9.78 Å². The van der Waals surface area contributed by atoms with Gasteiger partial charge in [0.2, 0.25) is 5.91 Å². The van der Waals surface area contributed by atoms with E-state index in [0.717, 1.165) is 12.1 Å². The number of carbonyl (C=O) groups is 1. The highest BCUT2D eigenvalue weighted by Gasteiger charge is 2.30. The van der Waals surface area contributed by atoms with Crippen molar-refractivity contribution in [2.45, 2.75) is 12.7 Å². The van der Waals surface area contributed by atoms with Gasteiger partial charge < -0.3 is 10.2 Å². The second-order valence-electron chi connectivity index (χ2n) is 6.82. The smallest absolute Gasteiger partial charge is 0.339 e. The molecule has 0 unspecified atom stereocenters. The summed E-state index contributed by atoms with van der Waals surface area (Å²) in [5.41, 5.74) is 0.133. The average molecular weight is 405 g/mol. The van der Waals surface area contributed by atoms with Crippen molar-refractivity contribution >= 4 is 17.1 Å². The fourth-order valence-corrected chi connectivity index (χ4v) is 3.37. The van der Waals surface area contributed by atoms with Gasteiger partial charge in [0.05, 0.1) is 11.1 Å². The van der Waals surface area contributed by atoms with E-state index in [1.807, 2.05) is 0 Å². The number of nitrogens with one attached hydrogen (secondary N) is 2. The Morgan fingerprint density at radius 2 is 1.90 bits per heavy atom. The molecule has 0 saturated carbocycles. The van der Waals surface area contributed by atoms with Crippen molar-refractivity contribution in [3.63, 3.8) is 0 Å². The molecular weight excluding hydrogens is 387 g/mol. The Bertz CT molecular complexity index is 1110. The molecule has 3 heterocycles. The third-order valence-corrected chi connectivity index (χ3v) is 4.92. The van der Waals surface area contributed by atoms with Crippen molar-refractivity contribution < 1.29 is 18.0 Å². The lowest BCUT2D eigenvalue weighted by molar-refractivity contribution is -0.137. The molecule has 1 aliphatic rings. The second-order valence-corrected chi connectivity index (χ2v) is 6.82. The highest BCUT2D eigenvalue weighted by molar-refractivity contribution is 5.82. The van der Waals surface area contributed by atoms with Crippen LogP contribution in [0, 0.1) is 0 Å². The lowest BCUT2D eigenvalue weighted by atomic mass is 10.0. The first-order valence-electron chi connectivity index (χ1n) is 9.07. The van der Waals surface area contributed by atoms with Gasteiger partial charge in [-0.05, 0) is 23.8 Å². The van der Waals surface area contributed by atoms with Gasteiger partial charge in [-0.2, -0.15) is 13.2 Å². The van der Waals surface area contributed by atoms with Crippen LogP contribution >= 0.6 is 0 Å². The average Bonchev–Trinajstić information content (AvgIpc) is 3.02. The van der Waals surface area contributed by atoms with Crippen LogP contribution < -0.4 is 11.0 Å². The molecule has 4 rings (SSSR count). The number of imidazole rings is 1. The molecule has 0 bridgehead atoms. The number of amides is 1. The molecule has 1 saturated heterocycles. The van der Waals surface area contributed by atoms with E-state index in [9.17, 15) is 22.8 Å². The van der Waals surface area contributed by atoms with Gasteiger partial charge >= 0.3 is 11.9 Å². The van der Waals surface area contributed by atoms with Gasteiger partial charge in [0.25, 0.3) is 0 Å². The summed E-state index contributed by atoms with van der Waals surface area (Å²) >= 11 is 0. The molecule has 7 nitrogen and oxygen atoms in total. The number of alkyl halides is 3. The maximum Gasteiger partial charge on any atom is 0.416 e. The zero-order valence-electron chi connectivity index (χ0n) is 15.3. The number of rotatable bonds is 3. The number of aromatic amines is 1. The summed E-state index contributed by atoms with van der Waals surface area (Å²) < 4.78 is 40.3.